The van der Waals surface area contributed by atoms with Gasteiger partial charge in [0.1, 0.15) is 11.4 Å². The van der Waals surface area contributed by atoms with E-state index in [4.69, 9.17) is 9.88 Å². The number of rotatable bonds is 9. The molecule has 218 valence electrons. The van der Waals surface area contributed by atoms with E-state index in [2.05, 4.69) is 38.2 Å². The van der Waals surface area contributed by atoms with Crippen molar-refractivity contribution in [1.29, 1.82) is 0 Å². The summed E-state index contributed by atoms with van der Waals surface area (Å²) in [5, 5.41) is 18.0. The number of nitrogens with zero attached hydrogens (tertiary/aromatic N) is 5. The number of primary sulfonamides is 1. The fourth-order valence-electron chi connectivity index (χ4n) is 6.39. The molecular formula is C30H33N7O4S. The fraction of sp³-hybridized carbons (Fsp3) is 0.333. The Morgan fingerprint density at radius 1 is 1.21 bits per heavy atom. The highest BCUT2D eigenvalue weighted by atomic mass is 32.2. The normalized spacial score (nSPS) is 22.5. The Morgan fingerprint density at radius 3 is 2.74 bits per heavy atom. The van der Waals surface area contributed by atoms with E-state index >= 15 is 0 Å². The molecule has 11 nitrogen and oxygen atoms in total. The number of ether oxygens (including phenoxy) is 1. The Hall–Kier alpha value is -4.13. The zero-order chi connectivity index (χ0) is 29.4. The summed E-state index contributed by atoms with van der Waals surface area (Å²) in [7, 11) is -2.18. The van der Waals surface area contributed by atoms with Crippen molar-refractivity contribution in [1.82, 2.24) is 30.2 Å². The molecule has 42 heavy (non-hydrogen) atoms. The molecular weight excluding hydrogens is 554 g/mol. The van der Waals surface area contributed by atoms with Crippen LogP contribution in [0, 0.1) is 5.92 Å². The van der Waals surface area contributed by atoms with Crippen molar-refractivity contribution in [3.05, 3.63) is 90.4 Å². The fourth-order valence-corrected chi connectivity index (χ4v) is 6.91. The molecule has 0 aliphatic carbocycles. The van der Waals surface area contributed by atoms with Crippen LogP contribution in [0.15, 0.2) is 78.5 Å². The molecule has 5 atom stereocenters. The average Bonchev–Trinajstić information content (AvgIpc) is 3.48. The van der Waals surface area contributed by atoms with E-state index in [0.29, 0.717) is 23.2 Å². The van der Waals surface area contributed by atoms with Crippen LogP contribution in [0.1, 0.15) is 46.9 Å². The van der Waals surface area contributed by atoms with Crippen LogP contribution in [0.2, 0.25) is 0 Å². The number of hydrogen-bond donors (Lipinski definition) is 2. The summed E-state index contributed by atoms with van der Waals surface area (Å²) >= 11 is 0. The summed E-state index contributed by atoms with van der Waals surface area (Å²) in [4.78, 5) is 19.9. The standard InChI is InChI=1S/C30H33N7O4S/c1-3-22-14-19-11-13-36(22)28(15-19)29(25-10-12-32-27-9-6-23(41-2)16-26(25)27)37-18-21(34-35-37)17-33-30(38)20-4-7-24(8-5-20)42(31,39)40/h3-10,12,16,18-19,22,28-29H,1,11,13-15,17H2,2H3,(H,33,38)(H2,31,39,40)/t19?,22?,28-,29-/m1/s1. The van der Waals surface area contributed by atoms with Gasteiger partial charge in [-0.25, -0.2) is 18.2 Å². The number of hydrogen-bond acceptors (Lipinski definition) is 8. The Balaban J connectivity index is 1.31. The summed E-state index contributed by atoms with van der Waals surface area (Å²) in [5.41, 5.74) is 2.86. The zero-order valence-corrected chi connectivity index (χ0v) is 24.1. The third-order valence-corrected chi connectivity index (χ3v) is 9.38. The van der Waals surface area contributed by atoms with Gasteiger partial charge in [0.05, 0.1) is 36.3 Å². The van der Waals surface area contributed by atoms with Gasteiger partial charge in [-0.05, 0) is 85.8 Å². The van der Waals surface area contributed by atoms with E-state index in [0.717, 1.165) is 41.6 Å². The first-order chi connectivity index (χ1) is 20.2. The van der Waals surface area contributed by atoms with E-state index in [1.165, 1.54) is 30.7 Å². The second kappa shape index (κ2) is 11.3. The second-order valence-electron chi connectivity index (χ2n) is 10.9. The van der Waals surface area contributed by atoms with Gasteiger partial charge in [0, 0.05) is 29.2 Å². The van der Waals surface area contributed by atoms with Gasteiger partial charge in [0.15, 0.2) is 0 Å². The molecule has 5 heterocycles. The number of amides is 1. The first kappa shape index (κ1) is 28.0. The minimum absolute atomic E-state index is 0.0554. The van der Waals surface area contributed by atoms with Gasteiger partial charge < -0.3 is 10.1 Å². The Kier molecular flexibility index (Phi) is 7.52. The van der Waals surface area contributed by atoms with Crippen molar-refractivity contribution in [2.45, 2.75) is 48.8 Å². The van der Waals surface area contributed by atoms with Crippen LogP contribution in [0.25, 0.3) is 10.9 Å². The predicted molar refractivity (Wildman–Crippen MR) is 157 cm³/mol. The van der Waals surface area contributed by atoms with Gasteiger partial charge in [0.25, 0.3) is 5.91 Å². The number of methoxy groups -OCH3 is 1. The highest BCUT2D eigenvalue weighted by Crippen LogP contribution is 2.43. The molecule has 3 saturated heterocycles. The number of sulfonamides is 1. The lowest BCUT2D eigenvalue weighted by Gasteiger charge is -2.52. The molecule has 2 bridgehead atoms. The largest absolute Gasteiger partial charge is 0.497 e. The van der Waals surface area contributed by atoms with Crippen molar-refractivity contribution >= 4 is 26.8 Å². The number of piperidine rings is 3. The lowest BCUT2D eigenvalue weighted by atomic mass is 9.75. The van der Waals surface area contributed by atoms with Crippen molar-refractivity contribution in [2.75, 3.05) is 13.7 Å². The summed E-state index contributed by atoms with van der Waals surface area (Å²) in [6.45, 7) is 5.27. The van der Waals surface area contributed by atoms with Crippen LogP contribution in [0.5, 0.6) is 5.75 Å². The van der Waals surface area contributed by atoms with Gasteiger partial charge >= 0.3 is 0 Å². The first-order valence-electron chi connectivity index (χ1n) is 13.9. The first-order valence-corrected chi connectivity index (χ1v) is 15.4. The molecule has 2 aromatic carbocycles. The summed E-state index contributed by atoms with van der Waals surface area (Å²) in [6.07, 6.45) is 9.09. The van der Waals surface area contributed by atoms with Crippen LogP contribution in [-0.2, 0) is 16.6 Å². The van der Waals surface area contributed by atoms with Gasteiger partial charge in [-0.2, -0.15) is 0 Å². The van der Waals surface area contributed by atoms with Crippen molar-refractivity contribution in [3.63, 3.8) is 0 Å². The number of carbonyl (C=O) groups excluding carboxylic acids is 1. The molecule has 3 fully saturated rings. The van der Waals surface area contributed by atoms with Gasteiger partial charge in [-0.15, -0.1) is 11.7 Å². The SMILES string of the molecule is C=CC1CC2CCN1[C@@H]([C@@H](c1ccnc3ccc(OC)cc13)n1cc(CNC(=O)c3ccc(S(N)(=O)=O)cc3)nn1)C2. The lowest BCUT2D eigenvalue weighted by Crippen LogP contribution is -2.56. The lowest BCUT2D eigenvalue weighted by molar-refractivity contribution is -0.00265. The third-order valence-electron chi connectivity index (χ3n) is 8.45. The smallest absolute Gasteiger partial charge is 0.251 e. The van der Waals surface area contributed by atoms with Gasteiger partial charge in [-0.3, -0.25) is 14.7 Å². The molecule has 1 amide bonds. The number of fused-ring (bicyclic) bond motifs is 4. The molecule has 3 aliphatic heterocycles. The molecule has 7 rings (SSSR count). The number of pyridine rings is 1. The Morgan fingerprint density at radius 2 is 2.02 bits per heavy atom. The number of benzene rings is 2. The maximum Gasteiger partial charge on any atom is 0.251 e. The van der Waals surface area contributed by atoms with Crippen LogP contribution in [0.4, 0.5) is 0 Å². The molecule has 3 unspecified atom stereocenters. The summed E-state index contributed by atoms with van der Waals surface area (Å²) < 4.78 is 30.5. The van der Waals surface area contributed by atoms with Crippen molar-refractivity contribution in [3.8, 4) is 5.75 Å². The second-order valence-corrected chi connectivity index (χ2v) is 12.5. The molecule has 0 saturated carbocycles. The molecule has 12 heteroatoms. The highest BCUT2D eigenvalue weighted by molar-refractivity contribution is 7.89. The van der Waals surface area contributed by atoms with E-state index in [-0.39, 0.29) is 29.4 Å². The maximum atomic E-state index is 12.8. The van der Waals surface area contributed by atoms with Gasteiger partial charge in [0.2, 0.25) is 10.0 Å². The molecule has 3 aliphatic rings. The number of carbonyl (C=O) groups is 1. The van der Waals surface area contributed by atoms with E-state index in [1.807, 2.05) is 41.3 Å². The van der Waals surface area contributed by atoms with E-state index < -0.39 is 10.0 Å². The number of aromatic nitrogens is 4. The van der Waals surface area contributed by atoms with Crippen molar-refractivity contribution < 1.29 is 17.9 Å². The summed E-state index contributed by atoms with van der Waals surface area (Å²) in [6, 6.07) is 13.7. The van der Waals surface area contributed by atoms with E-state index in [9.17, 15) is 13.2 Å². The van der Waals surface area contributed by atoms with Crippen LogP contribution in [0.3, 0.4) is 0 Å². The third kappa shape index (κ3) is 5.40. The Bertz CT molecular complexity index is 1740. The monoisotopic (exact) mass is 587 g/mol. The minimum atomic E-state index is -3.84. The molecule has 4 aromatic rings. The van der Waals surface area contributed by atoms with Crippen molar-refractivity contribution in [2.24, 2.45) is 11.1 Å². The zero-order valence-electron chi connectivity index (χ0n) is 23.3. The minimum Gasteiger partial charge on any atom is -0.497 e. The predicted octanol–water partition coefficient (Wildman–Crippen LogP) is 3.04. The van der Waals surface area contributed by atoms with Crippen LogP contribution < -0.4 is 15.2 Å². The van der Waals surface area contributed by atoms with Crippen LogP contribution in [-0.4, -0.2) is 64.9 Å². The Labute approximate surface area is 244 Å². The molecule has 0 spiro atoms. The molecule has 3 N–H and O–H groups in total. The molecule has 0 radical (unpaired) electrons. The maximum absolute atomic E-state index is 12.8. The van der Waals surface area contributed by atoms with Crippen LogP contribution >= 0.6 is 0 Å². The van der Waals surface area contributed by atoms with E-state index in [1.54, 1.807) is 7.11 Å². The average molecular weight is 588 g/mol. The number of nitrogens with one attached hydrogen (secondary N) is 1. The number of nitrogens with two attached hydrogens (primary N) is 1. The summed E-state index contributed by atoms with van der Waals surface area (Å²) in [5.74, 6) is 0.999. The topological polar surface area (TPSA) is 145 Å². The highest BCUT2D eigenvalue weighted by Gasteiger charge is 2.44. The molecule has 2 aromatic heterocycles. The quantitative estimate of drug-likeness (QED) is 0.284. The van der Waals surface area contributed by atoms with Gasteiger partial charge in [-0.1, -0.05) is 11.3 Å².